The molecule has 1 aliphatic heterocycles. The number of anilines is 2. The summed E-state index contributed by atoms with van der Waals surface area (Å²) in [6, 6.07) is 8.14. The van der Waals surface area contributed by atoms with Gasteiger partial charge in [0.1, 0.15) is 5.82 Å². The Bertz CT molecular complexity index is 623. The number of aromatic nitrogens is 2. The van der Waals surface area contributed by atoms with Gasteiger partial charge in [-0.3, -0.25) is 0 Å². The van der Waals surface area contributed by atoms with Gasteiger partial charge in [0.05, 0.1) is 5.52 Å². The third-order valence-electron chi connectivity index (χ3n) is 4.62. The summed E-state index contributed by atoms with van der Waals surface area (Å²) in [4.78, 5) is 11.3. The molecule has 1 saturated heterocycles. The first-order chi connectivity index (χ1) is 10.1. The Morgan fingerprint density at radius 3 is 2.76 bits per heavy atom. The zero-order valence-corrected chi connectivity index (χ0v) is 12.9. The number of rotatable bonds is 2. The molecule has 1 aliphatic rings. The van der Waals surface area contributed by atoms with E-state index in [-0.39, 0.29) is 0 Å². The number of nitrogens with two attached hydrogens (primary N) is 1. The Balaban J connectivity index is 1.93. The van der Waals surface area contributed by atoms with Crippen LogP contribution in [-0.2, 0) is 0 Å². The van der Waals surface area contributed by atoms with Crippen LogP contribution in [0.3, 0.4) is 0 Å². The summed E-state index contributed by atoms with van der Waals surface area (Å²) in [5.41, 5.74) is 6.83. The van der Waals surface area contributed by atoms with E-state index >= 15 is 0 Å². The molecular formula is C17H24N4. The molecule has 3 rings (SSSR count). The number of hydrogen-bond acceptors (Lipinski definition) is 4. The minimum atomic E-state index is 0.369. The van der Waals surface area contributed by atoms with Gasteiger partial charge in [0, 0.05) is 18.5 Å². The second-order valence-electron chi connectivity index (χ2n) is 6.34. The molecule has 1 aromatic carbocycles. The maximum absolute atomic E-state index is 5.90. The molecule has 2 heterocycles. The smallest absolute Gasteiger partial charge is 0.222 e. The van der Waals surface area contributed by atoms with E-state index in [4.69, 9.17) is 5.73 Å². The quantitative estimate of drug-likeness (QED) is 0.917. The molecule has 21 heavy (non-hydrogen) atoms. The van der Waals surface area contributed by atoms with Gasteiger partial charge < -0.3 is 10.6 Å². The molecule has 0 saturated carbocycles. The summed E-state index contributed by atoms with van der Waals surface area (Å²) in [5.74, 6) is 2.95. The van der Waals surface area contributed by atoms with Crippen LogP contribution in [0.25, 0.3) is 10.9 Å². The van der Waals surface area contributed by atoms with Crippen LogP contribution in [-0.4, -0.2) is 23.1 Å². The number of nitrogen functional groups attached to an aromatic ring is 1. The standard InChI is InChI=1S/C17H24N4/c1-12(2)13-6-5-10-21(11-9-13)16-14-7-3-4-8-15(14)19-17(18)20-16/h3-4,7-8,12-13H,5-6,9-11H2,1-2H3,(H2,18,19,20). The van der Waals surface area contributed by atoms with Crippen LogP contribution in [0.4, 0.5) is 11.8 Å². The number of fused-ring (bicyclic) bond motifs is 1. The van der Waals surface area contributed by atoms with E-state index in [0.717, 1.165) is 41.6 Å². The number of benzene rings is 1. The Kier molecular flexibility index (Phi) is 3.95. The van der Waals surface area contributed by atoms with Crippen molar-refractivity contribution < 1.29 is 0 Å². The lowest BCUT2D eigenvalue weighted by atomic mass is 9.89. The molecule has 0 bridgehead atoms. The molecule has 4 heteroatoms. The van der Waals surface area contributed by atoms with Crippen LogP contribution in [0.5, 0.6) is 0 Å². The van der Waals surface area contributed by atoms with Crippen LogP contribution in [0, 0.1) is 11.8 Å². The summed E-state index contributed by atoms with van der Waals surface area (Å²) in [5, 5.41) is 1.11. The van der Waals surface area contributed by atoms with E-state index < -0.39 is 0 Å². The predicted molar refractivity (Wildman–Crippen MR) is 88.3 cm³/mol. The second kappa shape index (κ2) is 5.88. The van der Waals surface area contributed by atoms with Crippen LogP contribution >= 0.6 is 0 Å². The Morgan fingerprint density at radius 1 is 1.14 bits per heavy atom. The highest BCUT2D eigenvalue weighted by atomic mass is 15.2. The topological polar surface area (TPSA) is 55.0 Å². The van der Waals surface area contributed by atoms with Crippen LogP contribution < -0.4 is 10.6 Å². The number of hydrogen-bond donors (Lipinski definition) is 1. The minimum Gasteiger partial charge on any atom is -0.368 e. The normalized spacial score (nSPS) is 20.0. The fourth-order valence-electron chi connectivity index (χ4n) is 3.32. The van der Waals surface area contributed by atoms with Crippen molar-refractivity contribution in [3.8, 4) is 0 Å². The zero-order chi connectivity index (χ0) is 14.8. The van der Waals surface area contributed by atoms with Gasteiger partial charge in [-0.15, -0.1) is 0 Å². The third kappa shape index (κ3) is 2.94. The summed E-state index contributed by atoms with van der Waals surface area (Å²) in [6.07, 6.45) is 3.77. The SMILES string of the molecule is CC(C)C1CCCN(c2nc(N)nc3ccccc23)CC1. The zero-order valence-electron chi connectivity index (χ0n) is 12.9. The predicted octanol–water partition coefficient (Wildman–Crippen LogP) is 3.47. The van der Waals surface area contributed by atoms with Gasteiger partial charge in [-0.05, 0) is 43.2 Å². The van der Waals surface area contributed by atoms with Crippen LogP contribution in [0.1, 0.15) is 33.1 Å². The summed E-state index contributed by atoms with van der Waals surface area (Å²) in [6.45, 7) is 6.78. The Hall–Kier alpha value is -1.84. The molecule has 2 aromatic rings. The van der Waals surface area contributed by atoms with E-state index in [1.807, 2.05) is 18.2 Å². The van der Waals surface area contributed by atoms with Crippen molar-refractivity contribution in [2.24, 2.45) is 11.8 Å². The highest BCUT2D eigenvalue weighted by Gasteiger charge is 2.21. The maximum Gasteiger partial charge on any atom is 0.222 e. The van der Waals surface area contributed by atoms with E-state index in [0.29, 0.717) is 5.95 Å². The first kappa shape index (κ1) is 14.1. The number of para-hydroxylation sites is 1. The summed E-state index contributed by atoms with van der Waals surface area (Å²) >= 11 is 0. The molecular weight excluding hydrogens is 260 g/mol. The first-order valence-corrected chi connectivity index (χ1v) is 7.92. The van der Waals surface area contributed by atoms with Gasteiger partial charge in [0.25, 0.3) is 0 Å². The molecule has 1 fully saturated rings. The molecule has 4 nitrogen and oxygen atoms in total. The lowest BCUT2D eigenvalue weighted by molar-refractivity contribution is 0.351. The van der Waals surface area contributed by atoms with Crippen molar-refractivity contribution in [2.45, 2.75) is 33.1 Å². The van der Waals surface area contributed by atoms with E-state index in [2.05, 4.69) is 34.8 Å². The number of nitrogens with zero attached hydrogens (tertiary/aromatic N) is 3. The molecule has 0 spiro atoms. The van der Waals surface area contributed by atoms with Crippen molar-refractivity contribution >= 4 is 22.7 Å². The molecule has 1 atom stereocenters. The largest absolute Gasteiger partial charge is 0.368 e. The molecule has 0 amide bonds. The van der Waals surface area contributed by atoms with Crippen LogP contribution in [0.15, 0.2) is 24.3 Å². The average molecular weight is 284 g/mol. The molecule has 2 N–H and O–H groups in total. The summed E-state index contributed by atoms with van der Waals surface area (Å²) in [7, 11) is 0. The Labute approximate surface area is 126 Å². The molecule has 0 aliphatic carbocycles. The van der Waals surface area contributed by atoms with Crippen molar-refractivity contribution in [3.05, 3.63) is 24.3 Å². The Morgan fingerprint density at radius 2 is 1.95 bits per heavy atom. The average Bonchev–Trinajstić information content (AvgIpc) is 2.72. The van der Waals surface area contributed by atoms with Gasteiger partial charge >= 0.3 is 0 Å². The molecule has 0 radical (unpaired) electrons. The minimum absolute atomic E-state index is 0.369. The fourth-order valence-corrected chi connectivity index (χ4v) is 3.32. The maximum atomic E-state index is 5.90. The van der Waals surface area contributed by atoms with Crippen molar-refractivity contribution in [1.29, 1.82) is 0 Å². The van der Waals surface area contributed by atoms with E-state index in [9.17, 15) is 0 Å². The van der Waals surface area contributed by atoms with Crippen molar-refractivity contribution in [3.63, 3.8) is 0 Å². The van der Waals surface area contributed by atoms with Gasteiger partial charge in [-0.25, -0.2) is 4.98 Å². The van der Waals surface area contributed by atoms with Crippen LogP contribution in [0.2, 0.25) is 0 Å². The van der Waals surface area contributed by atoms with Crippen molar-refractivity contribution in [1.82, 2.24) is 9.97 Å². The van der Waals surface area contributed by atoms with Gasteiger partial charge in [0.15, 0.2) is 0 Å². The van der Waals surface area contributed by atoms with Gasteiger partial charge in [-0.1, -0.05) is 26.0 Å². The lowest BCUT2D eigenvalue weighted by Crippen LogP contribution is -2.26. The second-order valence-corrected chi connectivity index (χ2v) is 6.34. The first-order valence-electron chi connectivity index (χ1n) is 7.92. The highest BCUT2D eigenvalue weighted by molar-refractivity contribution is 5.90. The van der Waals surface area contributed by atoms with Gasteiger partial charge in [0.2, 0.25) is 5.95 Å². The molecule has 1 unspecified atom stereocenters. The lowest BCUT2D eigenvalue weighted by Gasteiger charge is -2.24. The fraction of sp³-hybridized carbons (Fsp3) is 0.529. The monoisotopic (exact) mass is 284 g/mol. The molecule has 112 valence electrons. The summed E-state index contributed by atoms with van der Waals surface area (Å²) < 4.78 is 0. The third-order valence-corrected chi connectivity index (χ3v) is 4.62. The van der Waals surface area contributed by atoms with E-state index in [1.54, 1.807) is 0 Å². The highest BCUT2D eigenvalue weighted by Crippen LogP contribution is 2.30. The van der Waals surface area contributed by atoms with E-state index in [1.165, 1.54) is 19.3 Å². The van der Waals surface area contributed by atoms with Crippen molar-refractivity contribution in [2.75, 3.05) is 23.7 Å². The molecule has 1 aromatic heterocycles. The van der Waals surface area contributed by atoms with Gasteiger partial charge in [-0.2, -0.15) is 4.98 Å².